The first-order valence-electron chi connectivity index (χ1n) is 7.86. The molecule has 1 saturated heterocycles. The van der Waals surface area contributed by atoms with E-state index >= 15 is 0 Å². The molecule has 1 fully saturated rings. The molecule has 0 aliphatic carbocycles. The van der Waals surface area contributed by atoms with Crippen LogP contribution in [0.3, 0.4) is 0 Å². The largest absolute Gasteiger partial charge is 0.338 e. The number of carbonyl (C=O) groups is 1. The zero-order valence-corrected chi connectivity index (χ0v) is 15.4. The molecule has 6 nitrogen and oxygen atoms in total. The molecule has 1 aromatic carbocycles. The number of aromatic nitrogens is 2. The van der Waals surface area contributed by atoms with Gasteiger partial charge >= 0.3 is 0 Å². The molecule has 24 heavy (non-hydrogen) atoms. The first-order chi connectivity index (χ1) is 11.5. The lowest BCUT2D eigenvalue weighted by atomic mass is 10.2. The van der Waals surface area contributed by atoms with E-state index in [0.29, 0.717) is 11.5 Å². The van der Waals surface area contributed by atoms with Crippen LogP contribution in [0.15, 0.2) is 35.1 Å². The molecule has 2 heterocycles. The lowest BCUT2D eigenvalue weighted by molar-refractivity contribution is 0.102. The lowest BCUT2D eigenvalue weighted by Gasteiger charge is -2.32. The van der Waals surface area contributed by atoms with Crippen molar-refractivity contribution in [2.75, 3.05) is 43.4 Å². The topological polar surface area (TPSA) is 61.4 Å². The van der Waals surface area contributed by atoms with Crippen molar-refractivity contribution in [2.45, 2.75) is 6.92 Å². The summed E-state index contributed by atoms with van der Waals surface area (Å²) in [6.45, 7) is 5.79. The van der Waals surface area contributed by atoms with Crippen LogP contribution in [0.25, 0.3) is 0 Å². The number of aryl methyl sites for hydroxylation is 1. The van der Waals surface area contributed by atoms with Gasteiger partial charge in [0.15, 0.2) is 0 Å². The fraction of sp³-hybridized carbons (Fsp3) is 0.353. The first kappa shape index (κ1) is 16.9. The van der Waals surface area contributed by atoms with E-state index in [1.54, 1.807) is 12.4 Å². The van der Waals surface area contributed by atoms with Gasteiger partial charge in [-0.2, -0.15) is 0 Å². The van der Waals surface area contributed by atoms with Gasteiger partial charge in [-0.15, -0.1) is 0 Å². The molecule has 7 heteroatoms. The predicted octanol–water partition coefficient (Wildman–Crippen LogP) is 2.55. The number of benzene rings is 1. The maximum absolute atomic E-state index is 12.3. The summed E-state index contributed by atoms with van der Waals surface area (Å²) in [6, 6.07) is 5.78. The minimum atomic E-state index is -0.218. The van der Waals surface area contributed by atoms with Gasteiger partial charge in [-0.05, 0) is 47.6 Å². The fourth-order valence-electron chi connectivity index (χ4n) is 2.52. The van der Waals surface area contributed by atoms with Crippen LogP contribution in [-0.2, 0) is 0 Å². The average Bonchev–Trinajstić information content (AvgIpc) is 2.58. The average molecular weight is 390 g/mol. The molecule has 1 aliphatic rings. The van der Waals surface area contributed by atoms with Gasteiger partial charge in [0.05, 0.1) is 11.3 Å². The molecule has 0 unspecified atom stereocenters. The molecule has 126 valence electrons. The Morgan fingerprint density at radius 2 is 1.83 bits per heavy atom. The number of piperazine rings is 1. The molecule has 1 aromatic heterocycles. The van der Waals surface area contributed by atoms with Gasteiger partial charge in [0, 0.05) is 43.0 Å². The molecule has 0 saturated carbocycles. The van der Waals surface area contributed by atoms with E-state index in [-0.39, 0.29) is 5.91 Å². The van der Waals surface area contributed by atoms with E-state index in [9.17, 15) is 4.79 Å². The highest BCUT2D eigenvalue weighted by Crippen LogP contribution is 2.24. The van der Waals surface area contributed by atoms with Crippen molar-refractivity contribution in [1.82, 2.24) is 14.9 Å². The Labute approximate surface area is 150 Å². The number of amides is 1. The van der Waals surface area contributed by atoms with Crippen molar-refractivity contribution >= 4 is 33.5 Å². The number of likely N-dealkylation sites (N-methyl/N-ethyl adjacent to an activating group) is 1. The van der Waals surface area contributed by atoms with E-state index in [4.69, 9.17) is 0 Å². The van der Waals surface area contributed by atoms with E-state index in [1.165, 1.54) is 0 Å². The Balaban J connectivity index is 1.67. The zero-order chi connectivity index (χ0) is 17.1. The highest BCUT2D eigenvalue weighted by Gasteiger charge is 2.17. The summed E-state index contributed by atoms with van der Waals surface area (Å²) in [4.78, 5) is 25.5. The quantitative estimate of drug-likeness (QED) is 0.873. The number of nitrogens with zero attached hydrogens (tertiary/aromatic N) is 4. The molecule has 0 spiro atoms. The van der Waals surface area contributed by atoms with Crippen molar-refractivity contribution in [2.24, 2.45) is 0 Å². The van der Waals surface area contributed by atoms with Gasteiger partial charge in [0.25, 0.3) is 5.91 Å². The molecule has 0 radical (unpaired) electrons. The lowest BCUT2D eigenvalue weighted by Crippen LogP contribution is -2.45. The number of anilines is 2. The number of nitrogens with one attached hydrogen (secondary N) is 1. The summed E-state index contributed by atoms with van der Waals surface area (Å²) < 4.78 is 0.853. The summed E-state index contributed by atoms with van der Waals surface area (Å²) in [5.41, 5.74) is 2.30. The third-order valence-corrected chi connectivity index (χ3v) is 4.72. The Bertz CT molecular complexity index is 726. The third kappa shape index (κ3) is 3.91. The van der Waals surface area contributed by atoms with Gasteiger partial charge in [0.1, 0.15) is 0 Å². The second-order valence-electron chi connectivity index (χ2n) is 6.00. The van der Waals surface area contributed by atoms with Crippen LogP contribution >= 0.6 is 15.9 Å². The number of hydrogen-bond donors (Lipinski definition) is 1. The monoisotopic (exact) mass is 389 g/mol. The van der Waals surface area contributed by atoms with Crippen LogP contribution in [-0.4, -0.2) is 54.0 Å². The zero-order valence-electron chi connectivity index (χ0n) is 13.8. The minimum Gasteiger partial charge on any atom is -0.338 e. The van der Waals surface area contributed by atoms with Crippen molar-refractivity contribution in [3.8, 4) is 0 Å². The SMILES string of the molecule is Cc1ccc(NC(=O)c2cnc(N3CCN(C)CC3)nc2)c(Br)c1. The summed E-state index contributed by atoms with van der Waals surface area (Å²) in [5, 5.41) is 2.87. The smallest absolute Gasteiger partial charge is 0.258 e. The van der Waals surface area contributed by atoms with Gasteiger partial charge < -0.3 is 15.1 Å². The van der Waals surface area contributed by atoms with Crippen molar-refractivity contribution in [1.29, 1.82) is 0 Å². The van der Waals surface area contributed by atoms with E-state index in [2.05, 4.69) is 48.1 Å². The summed E-state index contributed by atoms with van der Waals surface area (Å²) in [7, 11) is 2.11. The number of halogens is 1. The van der Waals surface area contributed by atoms with Crippen LogP contribution < -0.4 is 10.2 Å². The van der Waals surface area contributed by atoms with Crippen molar-refractivity contribution in [3.05, 3.63) is 46.2 Å². The Morgan fingerprint density at radius 3 is 2.46 bits per heavy atom. The number of hydrogen-bond acceptors (Lipinski definition) is 5. The molecule has 2 aromatic rings. The Kier molecular flexibility index (Phi) is 5.11. The maximum atomic E-state index is 12.3. The van der Waals surface area contributed by atoms with Crippen molar-refractivity contribution in [3.63, 3.8) is 0 Å². The molecular formula is C17H20BrN5O. The van der Waals surface area contributed by atoms with E-state index in [1.807, 2.05) is 25.1 Å². The normalized spacial score (nSPS) is 15.4. The Hall–Kier alpha value is -1.99. The number of rotatable bonds is 3. The van der Waals surface area contributed by atoms with Crippen molar-refractivity contribution < 1.29 is 4.79 Å². The molecule has 3 rings (SSSR count). The standard InChI is InChI=1S/C17H20BrN5O/c1-12-3-4-15(14(18)9-12)21-16(24)13-10-19-17(20-11-13)23-7-5-22(2)6-8-23/h3-4,9-11H,5-8H2,1-2H3,(H,21,24). The van der Waals surface area contributed by atoms with Gasteiger partial charge in [-0.1, -0.05) is 6.07 Å². The van der Waals surface area contributed by atoms with Gasteiger partial charge in [-0.3, -0.25) is 4.79 Å². The van der Waals surface area contributed by atoms with Gasteiger partial charge in [0.2, 0.25) is 5.95 Å². The molecule has 1 N–H and O–H groups in total. The highest BCUT2D eigenvalue weighted by molar-refractivity contribution is 9.10. The maximum Gasteiger partial charge on any atom is 0.258 e. The molecular weight excluding hydrogens is 370 g/mol. The summed E-state index contributed by atoms with van der Waals surface area (Å²) in [5.74, 6) is 0.459. The summed E-state index contributed by atoms with van der Waals surface area (Å²) >= 11 is 3.46. The van der Waals surface area contributed by atoms with E-state index < -0.39 is 0 Å². The van der Waals surface area contributed by atoms with Crippen LogP contribution in [0.1, 0.15) is 15.9 Å². The molecule has 0 atom stereocenters. The molecule has 1 aliphatic heterocycles. The second-order valence-corrected chi connectivity index (χ2v) is 6.85. The molecule has 1 amide bonds. The third-order valence-electron chi connectivity index (χ3n) is 4.06. The Morgan fingerprint density at radius 1 is 1.17 bits per heavy atom. The van der Waals surface area contributed by atoms with Gasteiger partial charge in [-0.25, -0.2) is 9.97 Å². The first-order valence-corrected chi connectivity index (χ1v) is 8.65. The van der Waals surface area contributed by atoms with Crippen LogP contribution in [0, 0.1) is 6.92 Å². The second kappa shape index (κ2) is 7.27. The van der Waals surface area contributed by atoms with E-state index in [0.717, 1.165) is 41.9 Å². The van der Waals surface area contributed by atoms with Crippen LogP contribution in [0.4, 0.5) is 11.6 Å². The predicted molar refractivity (Wildman–Crippen MR) is 98.6 cm³/mol. The molecule has 0 bridgehead atoms. The van der Waals surface area contributed by atoms with Crippen LogP contribution in [0.5, 0.6) is 0 Å². The fourth-order valence-corrected chi connectivity index (χ4v) is 3.12. The van der Waals surface area contributed by atoms with Crippen LogP contribution in [0.2, 0.25) is 0 Å². The number of carbonyl (C=O) groups excluding carboxylic acids is 1. The summed E-state index contributed by atoms with van der Waals surface area (Å²) in [6.07, 6.45) is 3.16. The highest BCUT2D eigenvalue weighted by atomic mass is 79.9. The minimum absolute atomic E-state index is 0.218.